The zero-order valence-corrected chi connectivity index (χ0v) is 23.8. The molecule has 0 saturated carbocycles. The van der Waals surface area contributed by atoms with Gasteiger partial charge in [-0.25, -0.2) is 9.78 Å². The summed E-state index contributed by atoms with van der Waals surface area (Å²) in [6.45, 7) is 7.53. The second-order valence-electron chi connectivity index (χ2n) is 10.3. The molecule has 5 rings (SSSR count). The van der Waals surface area contributed by atoms with Crippen molar-refractivity contribution in [3.63, 3.8) is 0 Å². The van der Waals surface area contributed by atoms with Crippen LogP contribution in [-0.2, 0) is 9.53 Å². The first-order valence-electron chi connectivity index (χ1n) is 13.6. The van der Waals surface area contributed by atoms with Crippen LogP contribution >= 0.6 is 0 Å². The van der Waals surface area contributed by atoms with Crippen LogP contribution in [-0.4, -0.2) is 71.6 Å². The van der Waals surface area contributed by atoms with Gasteiger partial charge in [0.2, 0.25) is 11.9 Å². The van der Waals surface area contributed by atoms with Crippen molar-refractivity contribution in [1.29, 1.82) is 0 Å². The van der Waals surface area contributed by atoms with Crippen LogP contribution in [0.2, 0.25) is 0 Å². The van der Waals surface area contributed by atoms with E-state index in [0.717, 1.165) is 41.7 Å². The van der Waals surface area contributed by atoms with Gasteiger partial charge in [0.25, 0.3) is 0 Å². The molecule has 0 unspecified atom stereocenters. The molecule has 41 heavy (non-hydrogen) atoms. The van der Waals surface area contributed by atoms with Gasteiger partial charge >= 0.3 is 5.97 Å². The lowest BCUT2D eigenvalue weighted by Gasteiger charge is -2.29. The van der Waals surface area contributed by atoms with Crippen LogP contribution in [0.1, 0.15) is 28.8 Å². The number of aromatic nitrogens is 3. The average molecular weight is 554 g/mol. The number of benzene rings is 2. The predicted octanol–water partition coefficient (Wildman–Crippen LogP) is 4.91. The predicted molar refractivity (Wildman–Crippen MR) is 162 cm³/mol. The first-order chi connectivity index (χ1) is 19.8. The number of hydrogen-bond donors (Lipinski definition) is 2. The fraction of sp³-hybridized carbons (Fsp3) is 0.290. The summed E-state index contributed by atoms with van der Waals surface area (Å²) in [5, 5.41) is 7.26. The Hall–Kier alpha value is -4.70. The van der Waals surface area contributed by atoms with Crippen LogP contribution in [0, 0.1) is 6.92 Å². The third-order valence-electron chi connectivity index (χ3n) is 7.60. The number of nitrogens with one attached hydrogen (secondary N) is 2. The molecule has 1 aliphatic heterocycles. The molecule has 0 aliphatic carbocycles. The number of fused-ring (bicyclic) bond motifs is 1. The molecule has 0 bridgehead atoms. The minimum atomic E-state index is -0.532. The highest BCUT2D eigenvalue weighted by molar-refractivity contribution is 6.02. The molecular formula is C31H35N7O3. The van der Waals surface area contributed by atoms with Gasteiger partial charge in [-0.15, -0.1) is 0 Å². The van der Waals surface area contributed by atoms with Crippen LogP contribution in [0.3, 0.4) is 0 Å². The van der Waals surface area contributed by atoms with Crippen molar-refractivity contribution in [2.45, 2.75) is 25.8 Å². The molecular weight excluding hydrogens is 518 g/mol. The summed E-state index contributed by atoms with van der Waals surface area (Å²) < 4.78 is 6.85. The summed E-state index contributed by atoms with van der Waals surface area (Å²) in [5.41, 5.74) is 4.35. The molecule has 1 aliphatic rings. The Morgan fingerprint density at radius 2 is 2.02 bits per heavy atom. The first-order valence-corrected chi connectivity index (χ1v) is 13.6. The van der Waals surface area contributed by atoms with Gasteiger partial charge in [0.15, 0.2) is 5.82 Å². The molecule has 1 fully saturated rings. The molecule has 0 spiro atoms. The van der Waals surface area contributed by atoms with Gasteiger partial charge in [0.1, 0.15) is 5.56 Å². The van der Waals surface area contributed by atoms with Gasteiger partial charge in [0.05, 0.1) is 24.0 Å². The number of methoxy groups -OCH3 is 1. The van der Waals surface area contributed by atoms with Crippen molar-refractivity contribution < 1.29 is 14.3 Å². The average Bonchev–Trinajstić information content (AvgIpc) is 3.59. The zero-order valence-electron chi connectivity index (χ0n) is 23.8. The number of likely N-dealkylation sites (tertiary alicyclic amines) is 1. The normalized spacial score (nSPS) is 15.1. The second kappa shape index (κ2) is 11.8. The van der Waals surface area contributed by atoms with Gasteiger partial charge < -0.3 is 29.7 Å². The third-order valence-corrected chi connectivity index (χ3v) is 7.60. The Kier molecular flexibility index (Phi) is 8.02. The molecule has 3 heterocycles. The van der Waals surface area contributed by atoms with Crippen LogP contribution in [0.15, 0.2) is 67.5 Å². The Morgan fingerprint density at radius 1 is 1.22 bits per heavy atom. The van der Waals surface area contributed by atoms with Crippen LogP contribution in [0.4, 0.5) is 23.0 Å². The first kappa shape index (κ1) is 27.9. The summed E-state index contributed by atoms with van der Waals surface area (Å²) in [7, 11) is 5.53. The Labute approximate surface area is 239 Å². The van der Waals surface area contributed by atoms with Crippen molar-refractivity contribution in [1.82, 2.24) is 19.4 Å². The zero-order chi connectivity index (χ0) is 29.1. The van der Waals surface area contributed by atoms with E-state index in [9.17, 15) is 9.59 Å². The van der Waals surface area contributed by atoms with E-state index in [1.54, 1.807) is 0 Å². The highest BCUT2D eigenvalue weighted by Crippen LogP contribution is 2.34. The van der Waals surface area contributed by atoms with E-state index >= 15 is 0 Å². The number of rotatable bonds is 9. The van der Waals surface area contributed by atoms with E-state index in [4.69, 9.17) is 9.72 Å². The number of hydrogen-bond acceptors (Lipinski definition) is 8. The molecule has 2 aromatic carbocycles. The Morgan fingerprint density at radius 3 is 2.76 bits per heavy atom. The van der Waals surface area contributed by atoms with E-state index in [1.807, 2.05) is 67.2 Å². The van der Waals surface area contributed by atoms with E-state index in [1.165, 1.54) is 25.8 Å². The highest BCUT2D eigenvalue weighted by Gasteiger charge is 2.24. The van der Waals surface area contributed by atoms with Gasteiger partial charge in [-0.2, -0.15) is 4.98 Å². The number of esters is 1. The number of amides is 1. The Bertz CT molecular complexity index is 1610. The van der Waals surface area contributed by atoms with E-state index in [2.05, 4.69) is 39.0 Å². The Balaban J connectivity index is 1.52. The van der Waals surface area contributed by atoms with Gasteiger partial charge in [-0.05, 0) is 74.6 Å². The van der Waals surface area contributed by atoms with E-state index in [0.29, 0.717) is 29.2 Å². The fourth-order valence-electron chi connectivity index (χ4n) is 5.31. The van der Waals surface area contributed by atoms with Crippen molar-refractivity contribution in [3.8, 4) is 5.82 Å². The smallest absolute Gasteiger partial charge is 0.343 e. The molecule has 0 radical (unpaired) electrons. The maximum Gasteiger partial charge on any atom is 0.343 e. The molecule has 212 valence electrons. The topological polar surface area (TPSA) is 105 Å². The largest absolute Gasteiger partial charge is 0.465 e. The summed E-state index contributed by atoms with van der Waals surface area (Å²) in [5.74, 6) is -0.142. The molecule has 10 nitrogen and oxygen atoms in total. The molecule has 1 saturated heterocycles. The van der Waals surface area contributed by atoms with Gasteiger partial charge in [-0.1, -0.05) is 24.8 Å². The standard InChI is InChI=1S/C31H35N7O3/c1-6-28(39)33-25-17-24(20(2)16-27(25)37(4)19-22-11-9-14-36(22)3)34-31-32-18-23(30(40)41-5)29(35-31)38-15-13-21-10-7-8-12-26(21)38/h6-8,10,12-13,15-18,22H,1,9,11,14,19H2,2-5H3,(H,33,39)(H,32,34,35)/t22-/m1/s1. The number of likely N-dealkylation sites (N-methyl/N-ethyl adjacent to an activating group) is 2. The molecule has 1 amide bonds. The lowest BCUT2D eigenvalue weighted by molar-refractivity contribution is -0.111. The number of para-hydroxylation sites is 1. The minimum Gasteiger partial charge on any atom is -0.465 e. The van der Waals surface area contributed by atoms with Crippen molar-refractivity contribution in [3.05, 3.63) is 78.6 Å². The number of nitrogens with zero attached hydrogens (tertiary/aromatic N) is 5. The van der Waals surface area contributed by atoms with Crippen molar-refractivity contribution in [2.75, 3.05) is 49.8 Å². The molecule has 2 aromatic heterocycles. The number of anilines is 4. The minimum absolute atomic E-state index is 0.240. The number of carbonyl (C=O) groups excluding carboxylic acids is 2. The summed E-state index contributed by atoms with van der Waals surface area (Å²) in [4.78, 5) is 38.7. The summed E-state index contributed by atoms with van der Waals surface area (Å²) in [6, 6.07) is 14.2. The van der Waals surface area contributed by atoms with Crippen LogP contribution in [0.25, 0.3) is 16.7 Å². The van der Waals surface area contributed by atoms with E-state index in [-0.39, 0.29) is 11.5 Å². The van der Waals surface area contributed by atoms with Gasteiger partial charge in [-0.3, -0.25) is 4.79 Å². The molecule has 1 atom stereocenters. The lowest BCUT2D eigenvalue weighted by Crippen LogP contribution is -2.37. The SMILES string of the molecule is C=CC(=O)Nc1cc(Nc2ncc(C(=O)OC)c(-n3ccc4ccccc43)n2)c(C)cc1N(C)C[C@H]1CCCN1C. The molecule has 2 N–H and O–H groups in total. The quantitative estimate of drug-likeness (QED) is 0.223. The van der Waals surface area contributed by atoms with Crippen LogP contribution in [0.5, 0.6) is 0 Å². The maximum atomic E-state index is 12.6. The third kappa shape index (κ3) is 5.78. The number of ether oxygens (including phenoxy) is 1. The summed E-state index contributed by atoms with van der Waals surface area (Å²) in [6.07, 6.45) is 6.91. The highest BCUT2D eigenvalue weighted by atomic mass is 16.5. The fourth-order valence-corrected chi connectivity index (χ4v) is 5.31. The maximum absolute atomic E-state index is 12.6. The summed E-state index contributed by atoms with van der Waals surface area (Å²) >= 11 is 0. The van der Waals surface area contributed by atoms with Crippen molar-refractivity contribution >= 4 is 45.8 Å². The monoisotopic (exact) mass is 553 g/mol. The lowest BCUT2D eigenvalue weighted by atomic mass is 10.1. The number of aryl methyl sites for hydroxylation is 1. The van der Waals surface area contributed by atoms with Crippen molar-refractivity contribution in [2.24, 2.45) is 0 Å². The number of carbonyl (C=O) groups is 2. The van der Waals surface area contributed by atoms with E-state index < -0.39 is 5.97 Å². The van der Waals surface area contributed by atoms with Gasteiger partial charge in [0, 0.05) is 37.7 Å². The second-order valence-corrected chi connectivity index (χ2v) is 10.3. The van der Waals surface area contributed by atoms with Crippen LogP contribution < -0.4 is 15.5 Å². The molecule has 4 aromatic rings. The molecule has 10 heteroatoms.